The summed E-state index contributed by atoms with van der Waals surface area (Å²) in [6, 6.07) is 8.25. The molecule has 2 aromatic heterocycles. The topological polar surface area (TPSA) is 43.0 Å². The Morgan fingerprint density at radius 2 is 2.30 bits per heavy atom. The van der Waals surface area contributed by atoms with Gasteiger partial charge in [0.2, 0.25) is 0 Å². The number of aryl methyl sites for hydroxylation is 1. The standard InChI is InChI=1S/C15H16BrN3O/c1-17-12(9-14-18-6-7-19(14)2)13-8-10-4-3-5-11(16)15(10)20-13/h3-8,12,17H,9H2,1-2H3. The zero-order valence-electron chi connectivity index (χ0n) is 11.4. The van der Waals surface area contributed by atoms with E-state index in [1.54, 1.807) is 0 Å². The van der Waals surface area contributed by atoms with Gasteiger partial charge in [-0.05, 0) is 35.1 Å². The van der Waals surface area contributed by atoms with Crippen molar-refractivity contribution in [3.8, 4) is 0 Å². The van der Waals surface area contributed by atoms with Gasteiger partial charge in [0.15, 0.2) is 0 Å². The molecule has 0 aliphatic heterocycles. The zero-order valence-corrected chi connectivity index (χ0v) is 13.0. The largest absolute Gasteiger partial charge is 0.458 e. The third kappa shape index (κ3) is 2.39. The maximum atomic E-state index is 5.99. The van der Waals surface area contributed by atoms with Crippen LogP contribution in [0.1, 0.15) is 17.6 Å². The molecule has 4 nitrogen and oxygen atoms in total. The summed E-state index contributed by atoms with van der Waals surface area (Å²) in [5.41, 5.74) is 0.891. The maximum Gasteiger partial charge on any atom is 0.148 e. The first-order chi connectivity index (χ1) is 9.69. The highest BCUT2D eigenvalue weighted by molar-refractivity contribution is 9.10. The molecule has 5 heteroatoms. The van der Waals surface area contributed by atoms with E-state index in [9.17, 15) is 0 Å². The number of para-hydroxylation sites is 1. The smallest absolute Gasteiger partial charge is 0.148 e. The van der Waals surface area contributed by atoms with Crippen molar-refractivity contribution >= 4 is 26.9 Å². The Balaban J connectivity index is 1.95. The summed E-state index contributed by atoms with van der Waals surface area (Å²) in [6.07, 6.45) is 4.56. The van der Waals surface area contributed by atoms with Crippen LogP contribution in [-0.2, 0) is 13.5 Å². The van der Waals surface area contributed by atoms with Gasteiger partial charge < -0.3 is 14.3 Å². The normalized spacial score (nSPS) is 12.9. The molecule has 0 fully saturated rings. The Hall–Kier alpha value is -1.59. The Morgan fingerprint density at radius 1 is 1.45 bits per heavy atom. The lowest BCUT2D eigenvalue weighted by molar-refractivity contribution is 0.441. The first-order valence-corrected chi connectivity index (χ1v) is 7.29. The maximum absolute atomic E-state index is 5.99. The van der Waals surface area contributed by atoms with E-state index >= 15 is 0 Å². The molecule has 0 spiro atoms. The van der Waals surface area contributed by atoms with Gasteiger partial charge in [0.25, 0.3) is 0 Å². The molecule has 104 valence electrons. The summed E-state index contributed by atoms with van der Waals surface area (Å²) in [4.78, 5) is 4.37. The van der Waals surface area contributed by atoms with Crippen molar-refractivity contribution in [1.29, 1.82) is 0 Å². The summed E-state index contributed by atoms with van der Waals surface area (Å²) in [6.45, 7) is 0. The molecule has 0 saturated carbocycles. The number of benzene rings is 1. The second-order valence-electron chi connectivity index (χ2n) is 4.81. The number of fused-ring (bicyclic) bond motifs is 1. The number of likely N-dealkylation sites (N-methyl/N-ethyl adjacent to an activating group) is 1. The molecule has 0 saturated heterocycles. The molecule has 0 bridgehead atoms. The SMILES string of the molecule is CNC(Cc1nccn1C)c1cc2cccc(Br)c2o1. The second kappa shape index (κ2) is 5.42. The number of halogens is 1. The minimum atomic E-state index is 0.107. The fourth-order valence-electron chi connectivity index (χ4n) is 2.34. The van der Waals surface area contributed by atoms with Crippen molar-refractivity contribution in [2.24, 2.45) is 7.05 Å². The Bertz CT molecular complexity index is 732. The van der Waals surface area contributed by atoms with Crippen LogP contribution in [0, 0.1) is 0 Å². The van der Waals surface area contributed by atoms with E-state index in [1.165, 1.54) is 0 Å². The van der Waals surface area contributed by atoms with E-state index < -0.39 is 0 Å². The van der Waals surface area contributed by atoms with Gasteiger partial charge >= 0.3 is 0 Å². The van der Waals surface area contributed by atoms with Crippen LogP contribution in [-0.4, -0.2) is 16.6 Å². The molecule has 0 aliphatic carbocycles. The molecule has 1 N–H and O–H groups in total. The molecule has 3 aromatic rings. The van der Waals surface area contributed by atoms with Crippen LogP contribution >= 0.6 is 15.9 Å². The van der Waals surface area contributed by atoms with Gasteiger partial charge in [-0.25, -0.2) is 4.98 Å². The summed E-state index contributed by atoms with van der Waals surface area (Å²) in [5, 5.41) is 4.41. The Labute approximate surface area is 125 Å². The molecule has 2 heterocycles. The monoisotopic (exact) mass is 333 g/mol. The van der Waals surface area contributed by atoms with Crippen LogP contribution < -0.4 is 5.32 Å². The quantitative estimate of drug-likeness (QED) is 0.795. The molecule has 0 amide bonds. The molecular formula is C15H16BrN3O. The third-order valence-corrected chi connectivity index (χ3v) is 4.14. The Kier molecular flexibility index (Phi) is 3.63. The number of aromatic nitrogens is 2. The highest BCUT2D eigenvalue weighted by Crippen LogP contribution is 2.30. The lowest BCUT2D eigenvalue weighted by Crippen LogP contribution is -2.19. The average molecular weight is 334 g/mol. The van der Waals surface area contributed by atoms with Crippen molar-refractivity contribution in [3.05, 3.63) is 52.7 Å². The van der Waals surface area contributed by atoms with Gasteiger partial charge in [0, 0.05) is 31.2 Å². The number of rotatable bonds is 4. The number of nitrogens with one attached hydrogen (secondary N) is 1. The molecule has 1 aromatic carbocycles. The van der Waals surface area contributed by atoms with E-state index in [4.69, 9.17) is 4.42 Å². The summed E-state index contributed by atoms with van der Waals surface area (Å²) in [5.74, 6) is 1.96. The fraction of sp³-hybridized carbons (Fsp3) is 0.267. The number of hydrogen-bond acceptors (Lipinski definition) is 3. The summed E-state index contributed by atoms with van der Waals surface area (Å²) < 4.78 is 9.00. The summed E-state index contributed by atoms with van der Waals surface area (Å²) in [7, 11) is 3.94. The number of hydrogen-bond donors (Lipinski definition) is 1. The van der Waals surface area contributed by atoms with Crippen LogP contribution in [0.3, 0.4) is 0 Å². The van der Waals surface area contributed by atoms with Gasteiger partial charge in [-0.15, -0.1) is 0 Å². The lowest BCUT2D eigenvalue weighted by Gasteiger charge is -2.13. The first-order valence-electron chi connectivity index (χ1n) is 6.50. The average Bonchev–Trinajstić information content (AvgIpc) is 3.03. The van der Waals surface area contributed by atoms with Gasteiger partial charge in [0.1, 0.15) is 17.2 Å². The van der Waals surface area contributed by atoms with Crippen LogP contribution in [0.25, 0.3) is 11.0 Å². The molecule has 1 unspecified atom stereocenters. The molecule has 0 radical (unpaired) electrons. The highest BCUT2D eigenvalue weighted by atomic mass is 79.9. The van der Waals surface area contributed by atoms with Crippen molar-refractivity contribution < 1.29 is 4.42 Å². The van der Waals surface area contributed by atoms with Crippen LogP contribution in [0.5, 0.6) is 0 Å². The van der Waals surface area contributed by atoms with Crippen LogP contribution in [0.15, 0.2) is 45.5 Å². The molecule has 3 rings (SSSR count). The molecule has 0 aliphatic rings. The second-order valence-corrected chi connectivity index (χ2v) is 5.66. The van der Waals surface area contributed by atoms with Crippen molar-refractivity contribution in [3.63, 3.8) is 0 Å². The van der Waals surface area contributed by atoms with Gasteiger partial charge in [-0.2, -0.15) is 0 Å². The van der Waals surface area contributed by atoms with Gasteiger partial charge in [-0.3, -0.25) is 0 Å². The minimum absolute atomic E-state index is 0.107. The Morgan fingerprint density at radius 3 is 2.95 bits per heavy atom. The van der Waals surface area contributed by atoms with Crippen molar-refractivity contribution in [2.75, 3.05) is 7.05 Å². The number of furan rings is 1. The number of nitrogens with zero attached hydrogens (tertiary/aromatic N) is 2. The van der Waals surface area contributed by atoms with Gasteiger partial charge in [0.05, 0.1) is 10.5 Å². The molecule has 1 atom stereocenters. The fourth-order valence-corrected chi connectivity index (χ4v) is 2.80. The van der Waals surface area contributed by atoms with Gasteiger partial charge in [-0.1, -0.05) is 12.1 Å². The van der Waals surface area contributed by atoms with E-state index in [1.807, 2.05) is 43.2 Å². The predicted molar refractivity (Wildman–Crippen MR) is 82.6 cm³/mol. The molecular weight excluding hydrogens is 318 g/mol. The van der Waals surface area contributed by atoms with E-state index in [0.717, 1.165) is 33.4 Å². The van der Waals surface area contributed by atoms with Crippen molar-refractivity contribution in [1.82, 2.24) is 14.9 Å². The zero-order chi connectivity index (χ0) is 14.1. The van der Waals surface area contributed by atoms with E-state index in [-0.39, 0.29) is 6.04 Å². The molecule has 20 heavy (non-hydrogen) atoms. The summed E-state index contributed by atoms with van der Waals surface area (Å²) >= 11 is 3.52. The van der Waals surface area contributed by atoms with Crippen molar-refractivity contribution in [2.45, 2.75) is 12.5 Å². The predicted octanol–water partition coefficient (Wildman–Crippen LogP) is 3.43. The lowest BCUT2D eigenvalue weighted by atomic mass is 10.1. The van der Waals surface area contributed by atoms with Crippen LogP contribution in [0.2, 0.25) is 0 Å². The highest BCUT2D eigenvalue weighted by Gasteiger charge is 2.18. The van der Waals surface area contributed by atoms with E-state index in [0.29, 0.717) is 0 Å². The van der Waals surface area contributed by atoms with Crippen LogP contribution in [0.4, 0.5) is 0 Å². The third-order valence-electron chi connectivity index (χ3n) is 3.51. The van der Waals surface area contributed by atoms with E-state index in [2.05, 4.69) is 38.4 Å². The first kappa shape index (κ1) is 13.4. The minimum Gasteiger partial charge on any atom is -0.458 e. The number of imidazole rings is 1.